The van der Waals surface area contributed by atoms with Crippen molar-refractivity contribution in [1.29, 1.82) is 0 Å². The van der Waals surface area contributed by atoms with Crippen molar-refractivity contribution in [3.8, 4) is 11.4 Å². The third-order valence-corrected chi connectivity index (χ3v) is 3.33. The molecule has 5 nitrogen and oxygen atoms in total. The van der Waals surface area contributed by atoms with E-state index < -0.39 is 0 Å². The summed E-state index contributed by atoms with van der Waals surface area (Å²) in [5.74, 6) is 0.728. The zero-order chi connectivity index (χ0) is 13.6. The molecule has 2 N–H and O–H groups in total. The highest BCUT2D eigenvalue weighted by atomic mass is 15.4. The first kappa shape index (κ1) is 11.6. The molecule has 0 saturated carbocycles. The Morgan fingerprint density at radius 1 is 1.05 bits per heavy atom. The number of nitrogens with zero attached hydrogens (tertiary/aromatic N) is 4. The van der Waals surface area contributed by atoms with Crippen LogP contribution in [-0.4, -0.2) is 19.8 Å². The van der Waals surface area contributed by atoms with Crippen molar-refractivity contribution in [2.24, 2.45) is 0 Å². The maximum atomic E-state index is 5.93. The third kappa shape index (κ3) is 1.83. The van der Waals surface area contributed by atoms with Gasteiger partial charge in [0.1, 0.15) is 0 Å². The van der Waals surface area contributed by atoms with Gasteiger partial charge in [-0.2, -0.15) is 9.61 Å². The monoisotopic (exact) mass is 253 g/mol. The molecule has 96 valence electrons. The largest absolute Gasteiger partial charge is 0.399 e. The molecule has 3 rings (SSSR count). The van der Waals surface area contributed by atoms with Gasteiger partial charge in [-0.25, -0.2) is 0 Å². The summed E-state index contributed by atoms with van der Waals surface area (Å²) in [6.45, 7) is 6.04. The molecule has 5 heteroatoms. The maximum absolute atomic E-state index is 5.93. The van der Waals surface area contributed by atoms with Crippen LogP contribution < -0.4 is 5.73 Å². The van der Waals surface area contributed by atoms with Gasteiger partial charge in [-0.1, -0.05) is 0 Å². The average molecular weight is 253 g/mol. The maximum Gasteiger partial charge on any atom is 0.185 e. The summed E-state index contributed by atoms with van der Waals surface area (Å²) in [6, 6.07) is 7.71. The van der Waals surface area contributed by atoms with Crippen LogP contribution in [0.15, 0.2) is 24.3 Å². The predicted molar refractivity (Wildman–Crippen MR) is 74.8 cm³/mol. The minimum atomic E-state index is 0.725. The van der Waals surface area contributed by atoms with Crippen LogP contribution in [-0.2, 0) is 0 Å². The lowest BCUT2D eigenvalue weighted by Gasteiger charge is -2.08. The minimum absolute atomic E-state index is 0.725. The van der Waals surface area contributed by atoms with Gasteiger partial charge in [-0.15, -0.1) is 10.2 Å². The summed E-state index contributed by atoms with van der Waals surface area (Å²) in [5.41, 5.74) is 11.6. The number of nitrogens with two attached hydrogens (primary N) is 1. The van der Waals surface area contributed by atoms with Crippen LogP contribution in [0, 0.1) is 20.8 Å². The molecule has 2 heterocycles. The van der Waals surface area contributed by atoms with Crippen molar-refractivity contribution in [3.05, 3.63) is 41.1 Å². The van der Waals surface area contributed by atoms with E-state index >= 15 is 0 Å². The van der Waals surface area contributed by atoms with E-state index in [9.17, 15) is 0 Å². The van der Waals surface area contributed by atoms with E-state index in [1.165, 1.54) is 0 Å². The number of hydrogen-bond donors (Lipinski definition) is 1. The second-order valence-corrected chi connectivity index (χ2v) is 4.78. The number of hydrogen-bond acceptors (Lipinski definition) is 4. The molecule has 0 spiro atoms. The van der Waals surface area contributed by atoms with Crippen molar-refractivity contribution < 1.29 is 0 Å². The lowest BCUT2D eigenvalue weighted by atomic mass is 10.0. The summed E-state index contributed by atoms with van der Waals surface area (Å²) in [7, 11) is 0. The summed E-state index contributed by atoms with van der Waals surface area (Å²) in [6.07, 6.45) is 0. The van der Waals surface area contributed by atoms with E-state index in [4.69, 9.17) is 5.73 Å². The van der Waals surface area contributed by atoms with Crippen LogP contribution in [0.5, 0.6) is 0 Å². The van der Waals surface area contributed by atoms with Crippen LogP contribution in [0.25, 0.3) is 17.0 Å². The van der Waals surface area contributed by atoms with Crippen molar-refractivity contribution in [2.75, 3.05) is 5.73 Å². The van der Waals surface area contributed by atoms with E-state index in [2.05, 4.69) is 22.2 Å². The van der Waals surface area contributed by atoms with Gasteiger partial charge in [0, 0.05) is 11.3 Å². The minimum Gasteiger partial charge on any atom is -0.399 e. The van der Waals surface area contributed by atoms with Crippen molar-refractivity contribution >= 4 is 11.3 Å². The highest BCUT2D eigenvalue weighted by Gasteiger charge is 2.13. The molecule has 0 atom stereocenters. The van der Waals surface area contributed by atoms with Crippen LogP contribution in [0.3, 0.4) is 0 Å². The van der Waals surface area contributed by atoms with Gasteiger partial charge in [0.2, 0.25) is 0 Å². The molecular weight excluding hydrogens is 238 g/mol. The molecule has 0 radical (unpaired) electrons. The molecule has 0 unspecified atom stereocenters. The predicted octanol–water partition coefficient (Wildman–Crippen LogP) is 2.30. The number of benzene rings is 1. The fourth-order valence-corrected chi connectivity index (χ4v) is 2.17. The standard InChI is InChI=1S/C14H15N5/c1-8-6-11(15)7-12(10(8)3)14-17-16-13-5-4-9(2)18-19(13)14/h4-7H,15H2,1-3H3. The fourth-order valence-electron chi connectivity index (χ4n) is 2.17. The number of rotatable bonds is 1. The van der Waals surface area contributed by atoms with Crippen molar-refractivity contribution in [1.82, 2.24) is 19.8 Å². The molecule has 0 fully saturated rings. The topological polar surface area (TPSA) is 69.1 Å². The summed E-state index contributed by atoms with van der Waals surface area (Å²) >= 11 is 0. The fraction of sp³-hybridized carbons (Fsp3) is 0.214. The molecule has 0 saturated heterocycles. The molecule has 2 aromatic heterocycles. The molecule has 0 aliphatic heterocycles. The summed E-state index contributed by atoms with van der Waals surface area (Å²) < 4.78 is 1.76. The highest BCUT2D eigenvalue weighted by molar-refractivity contribution is 5.69. The van der Waals surface area contributed by atoms with E-state index in [0.717, 1.165) is 39.5 Å². The highest BCUT2D eigenvalue weighted by Crippen LogP contribution is 2.26. The van der Waals surface area contributed by atoms with Crippen LogP contribution >= 0.6 is 0 Å². The number of nitrogen functional groups attached to an aromatic ring is 1. The van der Waals surface area contributed by atoms with Gasteiger partial charge in [0.25, 0.3) is 0 Å². The van der Waals surface area contributed by atoms with Gasteiger partial charge < -0.3 is 5.73 Å². The number of aromatic nitrogens is 4. The van der Waals surface area contributed by atoms with E-state index in [1.807, 2.05) is 38.1 Å². The van der Waals surface area contributed by atoms with Crippen LogP contribution in [0.4, 0.5) is 5.69 Å². The lowest BCUT2D eigenvalue weighted by molar-refractivity contribution is 0.900. The van der Waals surface area contributed by atoms with Gasteiger partial charge in [-0.3, -0.25) is 0 Å². The first-order chi connectivity index (χ1) is 9.06. The van der Waals surface area contributed by atoms with Gasteiger partial charge in [-0.05, 0) is 56.2 Å². The van der Waals surface area contributed by atoms with E-state index in [1.54, 1.807) is 4.52 Å². The Hall–Kier alpha value is -2.43. The Balaban J connectivity index is 2.33. The second-order valence-electron chi connectivity index (χ2n) is 4.78. The first-order valence-corrected chi connectivity index (χ1v) is 6.12. The average Bonchev–Trinajstić information content (AvgIpc) is 2.76. The molecule has 3 aromatic rings. The van der Waals surface area contributed by atoms with Gasteiger partial charge >= 0.3 is 0 Å². The second kappa shape index (κ2) is 4.05. The normalized spacial score (nSPS) is 11.1. The zero-order valence-corrected chi connectivity index (χ0v) is 11.2. The lowest BCUT2D eigenvalue weighted by Crippen LogP contribution is -2.00. The van der Waals surface area contributed by atoms with Gasteiger partial charge in [0.15, 0.2) is 11.5 Å². The van der Waals surface area contributed by atoms with E-state index in [-0.39, 0.29) is 0 Å². The molecule has 0 bridgehead atoms. The molecule has 0 aliphatic carbocycles. The summed E-state index contributed by atoms with van der Waals surface area (Å²) in [4.78, 5) is 0. The number of aryl methyl sites for hydroxylation is 2. The molecule has 19 heavy (non-hydrogen) atoms. The molecular formula is C14H15N5. The smallest absolute Gasteiger partial charge is 0.185 e. The van der Waals surface area contributed by atoms with E-state index in [0.29, 0.717) is 0 Å². The Bertz CT molecular complexity index is 773. The number of anilines is 1. The van der Waals surface area contributed by atoms with Gasteiger partial charge in [0.05, 0.1) is 5.69 Å². The Morgan fingerprint density at radius 3 is 2.63 bits per heavy atom. The van der Waals surface area contributed by atoms with Crippen molar-refractivity contribution in [2.45, 2.75) is 20.8 Å². The molecule has 0 aliphatic rings. The third-order valence-electron chi connectivity index (χ3n) is 3.33. The zero-order valence-electron chi connectivity index (χ0n) is 11.2. The Labute approximate surface area is 111 Å². The quantitative estimate of drug-likeness (QED) is 0.676. The Kier molecular flexibility index (Phi) is 2.48. The molecule has 0 amide bonds. The molecule has 1 aromatic carbocycles. The Morgan fingerprint density at radius 2 is 1.84 bits per heavy atom. The SMILES string of the molecule is Cc1ccc2nnc(-c3cc(N)cc(C)c3C)n2n1. The van der Waals surface area contributed by atoms with Crippen LogP contribution in [0.1, 0.15) is 16.8 Å². The number of fused-ring (bicyclic) bond motifs is 1. The van der Waals surface area contributed by atoms with Crippen LogP contribution in [0.2, 0.25) is 0 Å². The summed E-state index contributed by atoms with van der Waals surface area (Å²) in [5, 5.41) is 12.9. The van der Waals surface area contributed by atoms with Crippen molar-refractivity contribution in [3.63, 3.8) is 0 Å². The first-order valence-electron chi connectivity index (χ1n) is 6.12.